The van der Waals surface area contributed by atoms with Crippen molar-refractivity contribution in [2.75, 3.05) is 11.1 Å². The summed E-state index contributed by atoms with van der Waals surface area (Å²) in [7, 11) is 0. The number of hydrogen-bond donors (Lipinski definition) is 2. The Labute approximate surface area is 194 Å². The molecule has 0 bridgehead atoms. The van der Waals surface area contributed by atoms with E-state index in [4.69, 9.17) is 15.4 Å². The topological polar surface area (TPSA) is 142 Å². The van der Waals surface area contributed by atoms with Crippen molar-refractivity contribution in [3.05, 3.63) is 76.6 Å². The average Bonchev–Trinajstić information content (AvgIpc) is 3.43. The molecule has 1 unspecified atom stereocenters. The molecule has 0 spiro atoms. The van der Waals surface area contributed by atoms with Crippen LogP contribution in [0, 0.1) is 13.8 Å². The van der Waals surface area contributed by atoms with Crippen molar-refractivity contribution >= 4 is 17.2 Å². The Bertz CT molecular complexity index is 1540. The van der Waals surface area contributed by atoms with Crippen molar-refractivity contribution in [1.82, 2.24) is 34.3 Å². The van der Waals surface area contributed by atoms with E-state index in [0.29, 0.717) is 35.0 Å². The quantitative estimate of drug-likeness (QED) is 0.393. The molecule has 4 heterocycles. The fourth-order valence-electron chi connectivity index (χ4n) is 3.93. The second-order valence-corrected chi connectivity index (χ2v) is 7.85. The van der Waals surface area contributed by atoms with Crippen molar-refractivity contribution in [2.45, 2.75) is 33.2 Å². The van der Waals surface area contributed by atoms with Gasteiger partial charge in [-0.3, -0.25) is 9.36 Å². The lowest BCUT2D eigenvalue weighted by atomic mass is 10.1. The number of fused-ring (bicyclic) bond motifs is 1. The molecule has 0 saturated carbocycles. The molecule has 34 heavy (non-hydrogen) atoms. The highest BCUT2D eigenvalue weighted by Gasteiger charge is 2.25. The number of nitrogens with two attached hydrogens (primary N) is 1. The minimum Gasteiger partial charge on any atom is -0.383 e. The number of aryl methyl sites for hydroxylation is 2. The van der Waals surface area contributed by atoms with E-state index >= 15 is 0 Å². The maximum atomic E-state index is 13.6. The van der Waals surface area contributed by atoms with Gasteiger partial charge in [-0.25, -0.2) is 14.5 Å². The summed E-state index contributed by atoms with van der Waals surface area (Å²) < 4.78 is 8.38. The van der Waals surface area contributed by atoms with Crippen LogP contribution in [0.2, 0.25) is 0 Å². The standard InChI is InChI=1S/C23H23N9O2/c1-4-16(28-20-17(19(24)25-12-26-20)21-27-14(3)34-30-21)22-29-31-11-10-13(2)18(31)23(33)32(22)15-8-6-5-7-9-15/h5-12,16H,4H2,1-3H3,(H3,24,25,26,28). The number of aromatic nitrogens is 7. The van der Waals surface area contributed by atoms with E-state index in [0.717, 1.165) is 11.3 Å². The smallest absolute Gasteiger partial charge is 0.282 e. The molecule has 0 amide bonds. The maximum Gasteiger partial charge on any atom is 0.282 e. The summed E-state index contributed by atoms with van der Waals surface area (Å²) in [5.74, 6) is 1.81. The Morgan fingerprint density at radius 2 is 1.94 bits per heavy atom. The van der Waals surface area contributed by atoms with Gasteiger partial charge >= 0.3 is 0 Å². The predicted octanol–water partition coefficient (Wildman–Crippen LogP) is 3.09. The summed E-state index contributed by atoms with van der Waals surface area (Å²) in [6.45, 7) is 5.58. The van der Waals surface area contributed by atoms with Crippen LogP contribution < -0.4 is 16.6 Å². The van der Waals surface area contributed by atoms with E-state index in [1.54, 1.807) is 22.2 Å². The van der Waals surface area contributed by atoms with Crippen molar-refractivity contribution in [3.8, 4) is 17.1 Å². The number of anilines is 2. The molecule has 5 aromatic rings. The van der Waals surface area contributed by atoms with Crippen LogP contribution in [0.4, 0.5) is 11.6 Å². The number of rotatable bonds is 6. The first-order valence-corrected chi connectivity index (χ1v) is 10.8. The lowest BCUT2D eigenvalue weighted by Crippen LogP contribution is -2.30. The van der Waals surface area contributed by atoms with E-state index in [-0.39, 0.29) is 17.2 Å². The SMILES string of the molecule is CCC(Nc1ncnc(N)c1-c1noc(C)n1)c1nn2ccc(C)c2c(=O)n1-c1ccccc1. The maximum absolute atomic E-state index is 13.6. The normalized spacial score (nSPS) is 12.2. The van der Waals surface area contributed by atoms with E-state index in [2.05, 4.69) is 25.4 Å². The van der Waals surface area contributed by atoms with Crippen LogP contribution in [0.15, 0.2) is 58.2 Å². The van der Waals surface area contributed by atoms with Crippen molar-refractivity contribution in [1.29, 1.82) is 0 Å². The van der Waals surface area contributed by atoms with Crippen LogP contribution in [0.25, 0.3) is 22.6 Å². The fourth-order valence-corrected chi connectivity index (χ4v) is 3.93. The Morgan fingerprint density at radius 1 is 1.15 bits per heavy atom. The lowest BCUT2D eigenvalue weighted by molar-refractivity contribution is 0.394. The Morgan fingerprint density at radius 3 is 2.65 bits per heavy atom. The molecule has 0 saturated heterocycles. The average molecular weight is 457 g/mol. The van der Waals surface area contributed by atoms with Gasteiger partial charge in [0.2, 0.25) is 11.7 Å². The number of hydrogen-bond acceptors (Lipinski definition) is 9. The molecule has 0 aliphatic carbocycles. The molecular weight excluding hydrogens is 434 g/mol. The Hall–Kier alpha value is -4.54. The lowest BCUT2D eigenvalue weighted by Gasteiger charge is -2.22. The third-order valence-corrected chi connectivity index (χ3v) is 5.59. The summed E-state index contributed by atoms with van der Waals surface area (Å²) in [6, 6.07) is 10.9. The first-order chi connectivity index (χ1) is 16.5. The van der Waals surface area contributed by atoms with Crippen LogP contribution in [0.5, 0.6) is 0 Å². The first kappa shape index (κ1) is 21.3. The van der Waals surface area contributed by atoms with Crippen LogP contribution in [0.1, 0.15) is 36.7 Å². The van der Waals surface area contributed by atoms with E-state index in [1.165, 1.54) is 6.33 Å². The molecule has 1 atom stereocenters. The van der Waals surface area contributed by atoms with Gasteiger partial charge in [0.15, 0.2) is 5.82 Å². The van der Waals surface area contributed by atoms with Crippen LogP contribution in [0.3, 0.4) is 0 Å². The zero-order chi connectivity index (χ0) is 23.8. The van der Waals surface area contributed by atoms with Gasteiger partial charge < -0.3 is 15.6 Å². The highest BCUT2D eigenvalue weighted by Crippen LogP contribution is 2.31. The summed E-state index contributed by atoms with van der Waals surface area (Å²) in [5.41, 5.74) is 8.51. The van der Waals surface area contributed by atoms with E-state index < -0.39 is 6.04 Å². The largest absolute Gasteiger partial charge is 0.383 e. The highest BCUT2D eigenvalue weighted by atomic mass is 16.5. The summed E-state index contributed by atoms with van der Waals surface area (Å²) in [4.78, 5) is 26.4. The fraction of sp³-hybridized carbons (Fsp3) is 0.217. The third-order valence-electron chi connectivity index (χ3n) is 5.59. The minimum atomic E-state index is -0.402. The van der Waals surface area contributed by atoms with Crippen LogP contribution >= 0.6 is 0 Å². The molecule has 11 heteroatoms. The molecular formula is C23H23N9O2. The van der Waals surface area contributed by atoms with Gasteiger partial charge in [-0.15, -0.1) is 0 Å². The summed E-state index contributed by atoms with van der Waals surface area (Å²) in [6.07, 6.45) is 3.74. The molecule has 1 aromatic carbocycles. The second-order valence-electron chi connectivity index (χ2n) is 7.85. The van der Waals surface area contributed by atoms with E-state index in [1.807, 2.05) is 50.2 Å². The zero-order valence-corrected chi connectivity index (χ0v) is 18.9. The van der Waals surface area contributed by atoms with Crippen LogP contribution in [-0.4, -0.2) is 34.3 Å². The molecule has 11 nitrogen and oxygen atoms in total. The minimum absolute atomic E-state index is 0.157. The summed E-state index contributed by atoms with van der Waals surface area (Å²) >= 11 is 0. The van der Waals surface area contributed by atoms with Crippen molar-refractivity contribution < 1.29 is 4.52 Å². The number of nitrogens with one attached hydrogen (secondary N) is 1. The van der Waals surface area contributed by atoms with Crippen molar-refractivity contribution in [3.63, 3.8) is 0 Å². The molecule has 172 valence electrons. The Kier molecular flexibility index (Phi) is 5.28. The van der Waals surface area contributed by atoms with Gasteiger partial charge in [-0.05, 0) is 37.1 Å². The molecule has 0 aliphatic rings. The molecule has 4 aromatic heterocycles. The monoisotopic (exact) mass is 457 g/mol. The number of benzene rings is 1. The predicted molar refractivity (Wildman–Crippen MR) is 127 cm³/mol. The van der Waals surface area contributed by atoms with Gasteiger partial charge in [0.05, 0.1) is 11.7 Å². The molecule has 0 aliphatic heterocycles. The first-order valence-electron chi connectivity index (χ1n) is 10.8. The van der Waals surface area contributed by atoms with Gasteiger partial charge in [0.1, 0.15) is 29.0 Å². The van der Waals surface area contributed by atoms with Gasteiger partial charge in [-0.1, -0.05) is 30.3 Å². The zero-order valence-electron chi connectivity index (χ0n) is 18.9. The molecule has 0 radical (unpaired) electrons. The number of nitrogens with zero attached hydrogens (tertiary/aromatic N) is 7. The summed E-state index contributed by atoms with van der Waals surface area (Å²) in [5, 5.41) is 12.2. The van der Waals surface area contributed by atoms with Gasteiger partial charge in [-0.2, -0.15) is 10.1 Å². The second kappa shape index (κ2) is 8.43. The number of para-hydroxylation sites is 1. The van der Waals surface area contributed by atoms with E-state index in [9.17, 15) is 4.79 Å². The Balaban J connectivity index is 1.69. The van der Waals surface area contributed by atoms with Crippen molar-refractivity contribution in [2.24, 2.45) is 0 Å². The van der Waals surface area contributed by atoms with Crippen LogP contribution in [-0.2, 0) is 0 Å². The highest BCUT2D eigenvalue weighted by molar-refractivity contribution is 5.79. The molecule has 5 rings (SSSR count). The van der Waals surface area contributed by atoms with Gasteiger partial charge in [0.25, 0.3) is 5.56 Å². The van der Waals surface area contributed by atoms with Gasteiger partial charge in [0, 0.05) is 13.1 Å². The molecule has 3 N–H and O–H groups in total. The third kappa shape index (κ3) is 3.56. The number of nitrogen functional groups attached to an aromatic ring is 1. The molecule has 0 fully saturated rings.